The molecule has 0 unspecified atom stereocenters. The third-order valence-electron chi connectivity index (χ3n) is 9.65. The number of carbonyl (C=O) groups is 1. The Morgan fingerprint density at radius 3 is 2.70 bits per heavy atom. The SMILES string of the molecule is C[C@]12CC[C@H]3[C@@H](CC[C@@H]4C[C@@](O)(C(F)F)CC[C@@H]43)[C@@H]1CC[C@@H]2C(=O)Cc1nccs1. The maximum atomic E-state index is 13.4. The van der Waals surface area contributed by atoms with Crippen molar-refractivity contribution in [2.75, 3.05) is 0 Å². The molecule has 5 rings (SSSR count). The molecule has 0 aromatic carbocycles. The molecule has 4 fully saturated rings. The lowest BCUT2D eigenvalue weighted by Crippen LogP contribution is -2.53. The number of hydrogen-bond donors (Lipinski definition) is 1. The van der Waals surface area contributed by atoms with E-state index in [1.807, 2.05) is 5.38 Å². The van der Waals surface area contributed by atoms with Crippen molar-refractivity contribution < 1.29 is 18.7 Å². The molecule has 6 heteroatoms. The summed E-state index contributed by atoms with van der Waals surface area (Å²) in [6.07, 6.45) is 7.23. The second kappa shape index (κ2) is 7.61. The summed E-state index contributed by atoms with van der Waals surface area (Å²) in [4.78, 5) is 17.5. The molecule has 4 aliphatic rings. The Kier molecular flexibility index (Phi) is 5.33. The molecule has 0 spiro atoms. The predicted octanol–water partition coefficient (Wildman–Crippen LogP) is 5.52. The number of hydrogen-bond acceptors (Lipinski definition) is 4. The van der Waals surface area contributed by atoms with Crippen LogP contribution in [0.4, 0.5) is 8.78 Å². The molecule has 0 bridgehead atoms. The number of rotatable bonds is 4. The van der Waals surface area contributed by atoms with E-state index in [4.69, 9.17) is 0 Å². The quantitative estimate of drug-likeness (QED) is 0.675. The van der Waals surface area contributed by atoms with Gasteiger partial charge in [0.25, 0.3) is 6.43 Å². The van der Waals surface area contributed by atoms with E-state index in [2.05, 4.69) is 11.9 Å². The largest absolute Gasteiger partial charge is 0.384 e. The number of nitrogens with zero attached hydrogens (tertiary/aromatic N) is 1. The van der Waals surface area contributed by atoms with Crippen molar-refractivity contribution in [3.05, 3.63) is 16.6 Å². The first-order chi connectivity index (χ1) is 14.3. The zero-order valence-electron chi connectivity index (χ0n) is 17.7. The van der Waals surface area contributed by atoms with Gasteiger partial charge in [0, 0.05) is 17.5 Å². The van der Waals surface area contributed by atoms with E-state index < -0.39 is 12.0 Å². The van der Waals surface area contributed by atoms with Crippen LogP contribution in [0.2, 0.25) is 0 Å². The minimum absolute atomic E-state index is 0.0840. The summed E-state index contributed by atoms with van der Waals surface area (Å²) in [5, 5.41) is 13.2. The Balaban J connectivity index is 1.30. The van der Waals surface area contributed by atoms with Gasteiger partial charge in [0.1, 0.15) is 11.4 Å². The van der Waals surface area contributed by atoms with Crippen LogP contribution < -0.4 is 0 Å². The number of Topliss-reactive ketones (excluding diaryl/α,β-unsaturated/α-hetero) is 1. The first kappa shape index (κ1) is 21.0. The monoisotopic (exact) mass is 437 g/mol. The molecular formula is C24H33F2NO2S. The maximum Gasteiger partial charge on any atom is 0.266 e. The number of carbonyl (C=O) groups excluding carboxylic acids is 1. The van der Waals surface area contributed by atoms with Crippen LogP contribution in [0.25, 0.3) is 0 Å². The highest BCUT2D eigenvalue weighted by Crippen LogP contribution is 2.65. The van der Waals surface area contributed by atoms with Crippen LogP contribution in [0.15, 0.2) is 11.6 Å². The van der Waals surface area contributed by atoms with Crippen LogP contribution >= 0.6 is 11.3 Å². The zero-order chi connectivity index (χ0) is 21.1. The minimum Gasteiger partial charge on any atom is -0.384 e. The van der Waals surface area contributed by atoms with E-state index in [0.717, 1.165) is 50.0 Å². The van der Waals surface area contributed by atoms with E-state index >= 15 is 0 Å². The Labute approximate surface area is 181 Å². The van der Waals surface area contributed by atoms with Crippen molar-refractivity contribution in [2.45, 2.75) is 83.2 Å². The number of fused-ring (bicyclic) bond motifs is 5. The van der Waals surface area contributed by atoms with Gasteiger partial charge >= 0.3 is 0 Å². The summed E-state index contributed by atoms with van der Waals surface area (Å²) in [6.45, 7) is 2.35. The summed E-state index contributed by atoms with van der Waals surface area (Å²) in [5.74, 6) is 3.03. The molecule has 8 atom stereocenters. The third-order valence-corrected chi connectivity index (χ3v) is 10.4. The first-order valence-electron chi connectivity index (χ1n) is 11.7. The topological polar surface area (TPSA) is 50.2 Å². The average Bonchev–Trinajstić information content (AvgIpc) is 3.34. The smallest absolute Gasteiger partial charge is 0.266 e. The van der Waals surface area contributed by atoms with Crippen molar-refractivity contribution in [3.8, 4) is 0 Å². The molecule has 1 N–H and O–H groups in total. The summed E-state index contributed by atoms with van der Waals surface area (Å²) < 4.78 is 26.8. The summed E-state index contributed by atoms with van der Waals surface area (Å²) in [7, 11) is 0. The summed E-state index contributed by atoms with van der Waals surface area (Å²) in [6, 6.07) is 0. The number of halogens is 2. The molecular weight excluding hydrogens is 404 g/mol. The van der Waals surface area contributed by atoms with Gasteiger partial charge in [-0.1, -0.05) is 6.92 Å². The molecule has 0 radical (unpaired) electrons. The fourth-order valence-electron chi connectivity index (χ4n) is 8.25. The molecule has 4 aliphatic carbocycles. The van der Waals surface area contributed by atoms with Crippen LogP contribution in [0.3, 0.4) is 0 Å². The van der Waals surface area contributed by atoms with E-state index in [9.17, 15) is 18.7 Å². The molecule has 166 valence electrons. The van der Waals surface area contributed by atoms with Crippen LogP contribution in [0, 0.1) is 40.9 Å². The van der Waals surface area contributed by atoms with Crippen molar-refractivity contribution >= 4 is 17.1 Å². The van der Waals surface area contributed by atoms with Crippen molar-refractivity contribution in [2.24, 2.45) is 40.9 Å². The molecule has 30 heavy (non-hydrogen) atoms. The number of aromatic nitrogens is 1. The van der Waals surface area contributed by atoms with Gasteiger partial charge in [0.15, 0.2) is 0 Å². The standard InChI is InChI=1S/C24H33F2NO2S/c1-23-8-6-16-15-7-9-24(29,22(25)26)13-14(15)2-3-17(16)18(23)4-5-19(23)20(28)12-21-27-10-11-30-21/h10-11,14-19,22,29H,2-9,12-13H2,1H3/t14-,15+,16-,17-,18+,19-,23+,24-/m1/s1. The molecule has 0 saturated heterocycles. The van der Waals surface area contributed by atoms with Gasteiger partial charge in [-0.2, -0.15) is 0 Å². The number of thiazole rings is 1. The normalized spacial score (nSPS) is 45.6. The lowest BCUT2D eigenvalue weighted by molar-refractivity contribution is -0.160. The highest BCUT2D eigenvalue weighted by atomic mass is 32.1. The fourth-order valence-corrected chi connectivity index (χ4v) is 8.88. The second-order valence-corrected chi connectivity index (χ2v) is 11.8. The van der Waals surface area contributed by atoms with E-state index in [-0.39, 0.29) is 30.1 Å². The zero-order valence-corrected chi connectivity index (χ0v) is 18.6. The second-order valence-electron chi connectivity index (χ2n) is 10.8. The number of ketones is 1. The Bertz CT molecular complexity index is 786. The first-order valence-corrected chi connectivity index (χ1v) is 12.6. The molecule has 1 aromatic rings. The Hall–Kier alpha value is -0.880. The highest BCUT2D eigenvalue weighted by Gasteiger charge is 2.59. The Morgan fingerprint density at radius 1 is 1.17 bits per heavy atom. The van der Waals surface area contributed by atoms with Crippen molar-refractivity contribution in [1.82, 2.24) is 4.98 Å². The molecule has 0 amide bonds. The van der Waals surface area contributed by atoms with Gasteiger partial charge in [-0.3, -0.25) is 4.79 Å². The van der Waals surface area contributed by atoms with Crippen molar-refractivity contribution in [3.63, 3.8) is 0 Å². The van der Waals surface area contributed by atoms with Crippen LogP contribution in [-0.2, 0) is 11.2 Å². The van der Waals surface area contributed by atoms with Gasteiger partial charge in [0.05, 0.1) is 11.4 Å². The lowest BCUT2D eigenvalue weighted by Gasteiger charge is -2.57. The van der Waals surface area contributed by atoms with Gasteiger partial charge in [0.2, 0.25) is 0 Å². The highest BCUT2D eigenvalue weighted by molar-refractivity contribution is 7.09. The molecule has 4 saturated carbocycles. The van der Waals surface area contributed by atoms with Gasteiger partial charge < -0.3 is 5.11 Å². The van der Waals surface area contributed by atoms with Gasteiger partial charge in [-0.15, -0.1) is 11.3 Å². The third kappa shape index (κ3) is 3.28. The summed E-state index contributed by atoms with van der Waals surface area (Å²) >= 11 is 1.56. The molecule has 1 aromatic heterocycles. The van der Waals surface area contributed by atoms with E-state index in [1.54, 1.807) is 17.5 Å². The van der Waals surface area contributed by atoms with Gasteiger partial charge in [-0.25, -0.2) is 13.8 Å². The van der Waals surface area contributed by atoms with Crippen LogP contribution in [-0.4, -0.2) is 27.9 Å². The van der Waals surface area contributed by atoms with E-state index in [1.165, 1.54) is 0 Å². The minimum atomic E-state index is -2.63. The fraction of sp³-hybridized carbons (Fsp3) is 0.833. The van der Waals surface area contributed by atoms with Crippen molar-refractivity contribution in [1.29, 1.82) is 0 Å². The predicted molar refractivity (Wildman–Crippen MR) is 112 cm³/mol. The van der Waals surface area contributed by atoms with E-state index in [0.29, 0.717) is 35.9 Å². The number of alkyl halides is 2. The lowest BCUT2D eigenvalue weighted by atomic mass is 9.49. The molecule has 1 heterocycles. The van der Waals surface area contributed by atoms with Crippen LogP contribution in [0.1, 0.15) is 69.7 Å². The summed E-state index contributed by atoms with van der Waals surface area (Å²) in [5.41, 5.74) is -1.68. The Morgan fingerprint density at radius 2 is 1.97 bits per heavy atom. The molecule has 0 aliphatic heterocycles. The maximum absolute atomic E-state index is 13.4. The molecule has 3 nitrogen and oxygen atoms in total. The number of aliphatic hydroxyl groups is 1. The van der Waals surface area contributed by atoms with Gasteiger partial charge in [-0.05, 0) is 92.8 Å². The average molecular weight is 438 g/mol. The van der Waals surface area contributed by atoms with Crippen LogP contribution in [0.5, 0.6) is 0 Å².